The highest BCUT2D eigenvalue weighted by molar-refractivity contribution is 7.22. The topological polar surface area (TPSA) is 83.5 Å². The molecule has 4 aromatic rings. The van der Waals surface area contributed by atoms with Gasteiger partial charge < -0.3 is 0 Å². The molecule has 152 valence electrons. The number of nitrogens with zero attached hydrogens (tertiary/aromatic N) is 4. The summed E-state index contributed by atoms with van der Waals surface area (Å²) in [6.45, 7) is -0.183. The molecule has 1 aliphatic heterocycles. The van der Waals surface area contributed by atoms with Gasteiger partial charge in [0.25, 0.3) is 11.8 Å². The number of hydrogen-bond donors (Lipinski definition) is 0. The summed E-state index contributed by atoms with van der Waals surface area (Å²) in [5.74, 6) is -1.33. The van der Waals surface area contributed by atoms with Crippen LogP contribution in [0.1, 0.15) is 26.4 Å². The third-order valence-corrected chi connectivity index (χ3v) is 6.09. The van der Waals surface area contributed by atoms with Gasteiger partial charge in [0.05, 0.1) is 33.6 Å². The fraction of sp³-hybridized carbons (Fsp3) is 0.0870. The Bertz CT molecular complexity index is 1250. The number of aromatic nitrogens is 2. The SMILES string of the molecule is O=C1c2ccccc2C(=O)N1CC(=O)N(Cc1ccccn1)c1nc2ccccc2s1. The Balaban J connectivity index is 1.47. The fourth-order valence-corrected chi connectivity index (χ4v) is 4.48. The van der Waals surface area contributed by atoms with Gasteiger partial charge in [-0.2, -0.15) is 0 Å². The summed E-state index contributed by atoms with van der Waals surface area (Å²) in [5.41, 5.74) is 2.09. The second-order valence-electron chi connectivity index (χ2n) is 7.01. The van der Waals surface area contributed by atoms with Crippen LogP contribution in [0.25, 0.3) is 10.2 Å². The van der Waals surface area contributed by atoms with Gasteiger partial charge in [-0.25, -0.2) is 4.98 Å². The molecule has 8 heteroatoms. The summed E-state index contributed by atoms with van der Waals surface area (Å²) in [5, 5.41) is 0.494. The molecule has 3 heterocycles. The summed E-state index contributed by atoms with van der Waals surface area (Å²) in [7, 11) is 0. The summed E-state index contributed by atoms with van der Waals surface area (Å²) in [4.78, 5) is 50.1. The maximum atomic E-state index is 13.3. The largest absolute Gasteiger partial charge is 0.280 e. The molecule has 0 aliphatic carbocycles. The van der Waals surface area contributed by atoms with E-state index in [-0.39, 0.29) is 13.1 Å². The second kappa shape index (κ2) is 7.73. The minimum atomic E-state index is -0.462. The van der Waals surface area contributed by atoms with Crippen LogP contribution >= 0.6 is 11.3 Å². The van der Waals surface area contributed by atoms with E-state index in [2.05, 4.69) is 9.97 Å². The van der Waals surface area contributed by atoms with Crippen LogP contribution in [-0.2, 0) is 11.3 Å². The van der Waals surface area contributed by atoms with E-state index in [4.69, 9.17) is 0 Å². The molecule has 0 spiro atoms. The monoisotopic (exact) mass is 428 g/mol. The molecular weight excluding hydrogens is 412 g/mol. The molecule has 0 radical (unpaired) electrons. The second-order valence-corrected chi connectivity index (χ2v) is 8.02. The number of imide groups is 1. The van der Waals surface area contributed by atoms with E-state index in [0.29, 0.717) is 22.0 Å². The lowest BCUT2D eigenvalue weighted by Crippen LogP contribution is -2.42. The maximum absolute atomic E-state index is 13.3. The molecule has 0 fully saturated rings. The third kappa shape index (κ3) is 3.47. The Labute approximate surface area is 181 Å². The van der Waals surface area contributed by atoms with Crippen molar-refractivity contribution >= 4 is 44.4 Å². The average Bonchev–Trinajstić information content (AvgIpc) is 3.33. The van der Waals surface area contributed by atoms with Crippen molar-refractivity contribution in [2.75, 3.05) is 11.4 Å². The first-order chi connectivity index (χ1) is 15.1. The molecule has 2 aromatic heterocycles. The van der Waals surface area contributed by atoms with E-state index < -0.39 is 17.7 Å². The molecular formula is C23H16N4O3S. The highest BCUT2D eigenvalue weighted by atomic mass is 32.1. The van der Waals surface area contributed by atoms with Crippen molar-refractivity contribution < 1.29 is 14.4 Å². The zero-order valence-corrected chi connectivity index (χ0v) is 17.1. The van der Waals surface area contributed by atoms with Crippen molar-refractivity contribution in [1.29, 1.82) is 0 Å². The van der Waals surface area contributed by atoms with Crippen LogP contribution in [0.5, 0.6) is 0 Å². The van der Waals surface area contributed by atoms with Crippen molar-refractivity contribution in [2.24, 2.45) is 0 Å². The number of para-hydroxylation sites is 1. The summed E-state index contributed by atoms with van der Waals surface area (Å²) in [6, 6.07) is 19.7. The Morgan fingerprint density at radius 3 is 2.26 bits per heavy atom. The molecule has 31 heavy (non-hydrogen) atoms. The van der Waals surface area contributed by atoms with Crippen LogP contribution in [0.2, 0.25) is 0 Å². The van der Waals surface area contributed by atoms with Gasteiger partial charge in [0.15, 0.2) is 5.13 Å². The van der Waals surface area contributed by atoms with Crippen molar-refractivity contribution in [2.45, 2.75) is 6.54 Å². The highest BCUT2D eigenvalue weighted by Crippen LogP contribution is 2.30. The predicted molar refractivity (Wildman–Crippen MR) is 117 cm³/mol. The molecule has 2 aromatic carbocycles. The number of hydrogen-bond acceptors (Lipinski definition) is 6. The average molecular weight is 428 g/mol. The first-order valence-corrected chi connectivity index (χ1v) is 10.4. The van der Waals surface area contributed by atoms with Gasteiger partial charge in [0, 0.05) is 6.20 Å². The molecule has 0 bridgehead atoms. The van der Waals surface area contributed by atoms with Crippen molar-refractivity contribution in [3.8, 4) is 0 Å². The van der Waals surface area contributed by atoms with E-state index in [1.165, 1.54) is 16.2 Å². The van der Waals surface area contributed by atoms with Crippen LogP contribution in [0.4, 0.5) is 5.13 Å². The summed E-state index contributed by atoms with van der Waals surface area (Å²) in [6.07, 6.45) is 1.65. The molecule has 1 aliphatic rings. The van der Waals surface area contributed by atoms with E-state index >= 15 is 0 Å². The van der Waals surface area contributed by atoms with Crippen LogP contribution in [0, 0.1) is 0 Å². The molecule has 0 N–H and O–H groups in total. The number of anilines is 1. The van der Waals surface area contributed by atoms with Crippen LogP contribution in [0.3, 0.4) is 0 Å². The number of benzene rings is 2. The Morgan fingerprint density at radius 1 is 0.903 bits per heavy atom. The third-order valence-electron chi connectivity index (χ3n) is 5.03. The minimum absolute atomic E-state index is 0.183. The molecule has 7 nitrogen and oxygen atoms in total. The number of carbonyl (C=O) groups is 3. The molecule has 0 atom stereocenters. The number of pyridine rings is 1. The number of carbonyl (C=O) groups excluding carboxylic acids is 3. The normalized spacial score (nSPS) is 13.0. The zero-order valence-electron chi connectivity index (χ0n) is 16.3. The molecule has 0 saturated carbocycles. The first-order valence-electron chi connectivity index (χ1n) is 9.63. The van der Waals surface area contributed by atoms with Crippen LogP contribution in [0.15, 0.2) is 72.9 Å². The van der Waals surface area contributed by atoms with E-state index in [1.54, 1.807) is 36.5 Å². The Kier molecular flexibility index (Phi) is 4.76. The number of thiazole rings is 1. The molecule has 0 saturated heterocycles. The lowest BCUT2D eigenvalue weighted by molar-refractivity contribution is -0.119. The van der Waals surface area contributed by atoms with Gasteiger partial charge in [-0.1, -0.05) is 41.7 Å². The van der Waals surface area contributed by atoms with Gasteiger partial charge in [0.1, 0.15) is 6.54 Å². The molecule has 3 amide bonds. The zero-order chi connectivity index (χ0) is 21.4. The van der Waals surface area contributed by atoms with Gasteiger partial charge >= 0.3 is 0 Å². The Hall–Kier alpha value is -3.91. The lowest BCUT2D eigenvalue weighted by atomic mass is 10.1. The fourth-order valence-electron chi connectivity index (χ4n) is 3.49. The standard InChI is InChI=1S/C23H16N4O3S/c28-20(14-27-21(29)16-8-1-2-9-17(16)22(27)30)26(13-15-7-5-6-12-24-15)23-25-18-10-3-4-11-19(18)31-23/h1-12H,13-14H2. The van der Waals surface area contributed by atoms with Gasteiger partial charge in [-0.05, 0) is 36.4 Å². The number of rotatable bonds is 5. The summed E-state index contributed by atoms with van der Waals surface area (Å²) >= 11 is 1.38. The minimum Gasteiger partial charge on any atom is -0.280 e. The predicted octanol–water partition coefficient (Wildman–Crippen LogP) is 3.52. The number of amides is 3. The maximum Gasteiger partial charge on any atom is 0.262 e. The van der Waals surface area contributed by atoms with Gasteiger partial charge in [-0.3, -0.25) is 29.2 Å². The van der Waals surface area contributed by atoms with Gasteiger partial charge in [0.2, 0.25) is 5.91 Å². The Morgan fingerprint density at radius 2 is 1.58 bits per heavy atom. The van der Waals surface area contributed by atoms with Crippen molar-refractivity contribution in [3.63, 3.8) is 0 Å². The van der Waals surface area contributed by atoms with E-state index in [1.807, 2.05) is 36.4 Å². The van der Waals surface area contributed by atoms with Crippen molar-refractivity contribution in [1.82, 2.24) is 14.9 Å². The molecule has 0 unspecified atom stereocenters. The van der Waals surface area contributed by atoms with Crippen molar-refractivity contribution in [3.05, 3.63) is 89.7 Å². The van der Waals surface area contributed by atoms with Crippen LogP contribution < -0.4 is 4.90 Å². The smallest absolute Gasteiger partial charge is 0.262 e. The molecule has 5 rings (SSSR count). The number of fused-ring (bicyclic) bond motifs is 2. The quantitative estimate of drug-likeness (QED) is 0.454. The van der Waals surface area contributed by atoms with Gasteiger partial charge in [-0.15, -0.1) is 0 Å². The summed E-state index contributed by atoms with van der Waals surface area (Å²) < 4.78 is 0.942. The first kappa shape index (κ1) is 19.1. The van der Waals surface area contributed by atoms with E-state index in [9.17, 15) is 14.4 Å². The van der Waals surface area contributed by atoms with Crippen LogP contribution in [-0.4, -0.2) is 39.1 Å². The van der Waals surface area contributed by atoms with E-state index in [0.717, 1.165) is 15.1 Å². The highest BCUT2D eigenvalue weighted by Gasteiger charge is 2.37. The lowest BCUT2D eigenvalue weighted by Gasteiger charge is -2.22.